The van der Waals surface area contributed by atoms with Gasteiger partial charge in [0.05, 0.1) is 16.4 Å². The van der Waals surface area contributed by atoms with Crippen molar-refractivity contribution in [2.75, 3.05) is 5.73 Å². The third-order valence-electron chi connectivity index (χ3n) is 2.58. The first kappa shape index (κ1) is 13.8. The SMILES string of the molecule is Cc1nn(C)c(CSc2ccc(N)cc2Br)c1Cl. The highest BCUT2D eigenvalue weighted by atomic mass is 79.9. The molecule has 18 heavy (non-hydrogen) atoms. The Hall–Kier alpha value is -0.650. The Bertz CT molecular complexity index is 583. The highest BCUT2D eigenvalue weighted by Gasteiger charge is 2.12. The van der Waals surface area contributed by atoms with E-state index in [4.69, 9.17) is 17.3 Å². The largest absolute Gasteiger partial charge is 0.399 e. The molecular formula is C12H13BrClN3S. The molecule has 0 aliphatic rings. The van der Waals surface area contributed by atoms with Crippen molar-refractivity contribution in [2.45, 2.75) is 17.6 Å². The summed E-state index contributed by atoms with van der Waals surface area (Å²) in [6.45, 7) is 1.91. The number of aromatic nitrogens is 2. The van der Waals surface area contributed by atoms with E-state index in [1.807, 2.05) is 36.9 Å². The lowest BCUT2D eigenvalue weighted by Crippen LogP contribution is -1.96. The van der Waals surface area contributed by atoms with Crippen LogP contribution in [-0.4, -0.2) is 9.78 Å². The molecule has 0 aliphatic heterocycles. The molecule has 0 unspecified atom stereocenters. The first-order chi connectivity index (χ1) is 8.49. The lowest BCUT2D eigenvalue weighted by molar-refractivity contribution is 0.727. The molecule has 1 aromatic heterocycles. The van der Waals surface area contributed by atoms with Crippen molar-refractivity contribution in [3.8, 4) is 0 Å². The zero-order valence-corrected chi connectivity index (χ0v) is 13.2. The molecular weight excluding hydrogens is 334 g/mol. The third kappa shape index (κ3) is 2.84. The van der Waals surface area contributed by atoms with E-state index in [-0.39, 0.29) is 0 Å². The number of anilines is 1. The second-order valence-corrected chi connectivity index (χ2v) is 6.20. The van der Waals surface area contributed by atoms with Crippen molar-refractivity contribution < 1.29 is 0 Å². The highest BCUT2D eigenvalue weighted by Crippen LogP contribution is 2.33. The molecule has 0 amide bonds. The van der Waals surface area contributed by atoms with Gasteiger partial charge in [-0.15, -0.1) is 11.8 Å². The van der Waals surface area contributed by atoms with E-state index < -0.39 is 0 Å². The molecule has 2 aromatic rings. The van der Waals surface area contributed by atoms with Gasteiger partial charge in [-0.2, -0.15) is 5.10 Å². The van der Waals surface area contributed by atoms with Gasteiger partial charge in [0, 0.05) is 27.9 Å². The fraction of sp³-hybridized carbons (Fsp3) is 0.250. The number of nitrogens with two attached hydrogens (primary N) is 1. The zero-order valence-electron chi connectivity index (χ0n) is 10.1. The molecule has 1 heterocycles. The lowest BCUT2D eigenvalue weighted by atomic mass is 10.3. The Balaban J connectivity index is 2.16. The summed E-state index contributed by atoms with van der Waals surface area (Å²) in [5.74, 6) is 0.776. The van der Waals surface area contributed by atoms with Crippen LogP contribution in [0.3, 0.4) is 0 Å². The number of rotatable bonds is 3. The monoisotopic (exact) mass is 345 g/mol. The third-order valence-corrected chi connectivity index (χ3v) is 5.08. The van der Waals surface area contributed by atoms with Crippen LogP contribution in [0.1, 0.15) is 11.4 Å². The Morgan fingerprint density at radius 1 is 1.50 bits per heavy atom. The van der Waals surface area contributed by atoms with Crippen molar-refractivity contribution in [1.82, 2.24) is 9.78 Å². The van der Waals surface area contributed by atoms with Crippen LogP contribution in [-0.2, 0) is 12.8 Å². The summed E-state index contributed by atoms with van der Waals surface area (Å²) >= 11 is 11.4. The normalized spacial score (nSPS) is 10.9. The van der Waals surface area contributed by atoms with Crippen molar-refractivity contribution in [2.24, 2.45) is 7.05 Å². The lowest BCUT2D eigenvalue weighted by Gasteiger charge is -2.06. The molecule has 0 aliphatic carbocycles. The van der Waals surface area contributed by atoms with Crippen LogP contribution in [0.2, 0.25) is 5.02 Å². The minimum Gasteiger partial charge on any atom is -0.399 e. The fourth-order valence-corrected chi connectivity index (χ4v) is 3.65. The van der Waals surface area contributed by atoms with Crippen molar-refractivity contribution in [1.29, 1.82) is 0 Å². The molecule has 0 spiro atoms. The summed E-state index contributed by atoms with van der Waals surface area (Å²) in [6.07, 6.45) is 0. The number of thioether (sulfide) groups is 1. The molecule has 2 N–H and O–H groups in total. The van der Waals surface area contributed by atoms with Gasteiger partial charge in [-0.05, 0) is 41.1 Å². The molecule has 0 atom stereocenters. The van der Waals surface area contributed by atoms with Crippen LogP contribution in [0.25, 0.3) is 0 Å². The summed E-state index contributed by atoms with van der Waals surface area (Å²) in [6, 6.07) is 5.79. The Morgan fingerprint density at radius 3 is 2.78 bits per heavy atom. The summed E-state index contributed by atoms with van der Waals surface area (Å²) < 4.78 is 2.83. The highest BCUT2D eigenvalue weighted by molar-refractivity contribution is 9.10. The molecule has 6 heteroatoms. The van der Waals surface area contributed by atoms with Gasteiger partial charge in [0.25, 0.3) is 0 Å². The Kier molecular flexibility index (Phi) is 4.25. The maximum Gasteiger partial charge on any atom is 0.0855 e. The maximum atomic E-state index is 6.22. The summed E-state index contributed by atoms with van der Waals surface area (Å²) in [5, 5.41) is 5.05. The average Bonchev–Trinajstić information content (AvgIpc) is 2.53. The van der Waals surface area contributed by atoms with Crippen molar-refractivity contribution in [3.05, 3.63) is 39.1 Å². The van der Waals surface area contributed by atoms with E-state index in [1.165, 1.54) is 0 Å². The number of nitrogen functional groups attached to an aromatic ring is 1. The van der Waals surface area contributed by atoms with Crippen LogP contribution in [0.4, 0.5) is 5.69 Å². The van der Waals surface area contributed by atoms with Crippen LogP contribution < -0.4 is 5.73 Å². The number of benzene rings is 1. The van der Waals surface area contributed by atoms with E-state index in [0.29, 0.717) is 0 Å². The second kappa shape index (κ2) is 5.55. The van der Waals surface area contributed by atoms with E-state index in [0.717, 1.165) is 37.2 Å². The Labute approximate surface area is 124 Å². The smallest absolute Gasteiger partial charge is 0.0855 e. The fourth-order valence-electron chi connectivity index (χ4n) is 1.62. The summed E-state index contributed by atoms with van der Waals surface area (Å²) in [7, 11) is 1.91. The van der Waals surface area contributed by atoms with Gasteiger partial charge in [-0.3, -0.25) is 4.68 Å². The Morgan fingerprint density at radius 2 is 2.22 bits per heavy atom. The molecule has 0 saturated heterocycles. The summed E-state index contributed by atoms with van der Waals surface area (Å²) in [4.78, 5) is 1.14. The number of halogens is 2. The second-order valence-electron chi connectivity index (χ2n) is 3.95. The first-order valence-corrected chi connectivity index (χ1v) is 7.50. The van der Waals surface area contributed by atoms with Gasteiger partial charge in [0.2, 0.25) is 0 Å². The number of nitrogens with zero attached hydrogens (tertiary/aromatic N) is 2. The van der Waals surface area contributed by atoms with Crippen molar-refractivity contribution >= 4 is 45.0 Å². The average molecular weight is 347 g/mol. The number of aryl methyl sites for hydroxylation is 2. The van der Waals surface area contributed by atoms with Gasteiger partial charge in [0.15, 0.2) is 0 Å². The molecule has 1 aromatic carbocycles. The van der Waals surface area contributed by atoms with E-state index in [1.54, 1.807) is 11.8 Å². The van der Waals surface area contributed by atoms with Gasteiger partial charge in [0.1, 0.15) is 0 Å². The van der Waals surface area contributed by atoms with Gasteiger partial charge in [-0.1, -0.05) is 11.6 Å². The molecule has 0 saturated carbocycles. The number of hydrogen-bond donors (Lipinski definition) is 1. The van der Waals surface area contributed by atoms with Crippen LogP contribution in [0, 0.1) is 6.92 Å². The minimum atomic E-state index is 0.747. The maximum absolute atomic E-state index is 6.22. The first-order valence-electron chi connectivity index (χ1n) is 5.35. The zero-order chi connectivity index (χ0) is 13.3. The molecule has 3 nitrogen and oxygen atoms in total. The minimum absolute atomic E-state index is 0.747. The molecule has 0 radical (unpaired) electrons. The van der Waals surface area contributed by atoms with E-state index in [2.05, 4.69) is 21.0 Å². The predicted octanol–water partition coefficient (Wildman–Crippen LogP) is 4.02. The van der Waals surface area contributed by atoms with Crippen LogP contribution in [0.5, 0.6) is 0 Å². The van der Waals surface area contributed by atoms with Crippen molar-refractivity contribution in [3.63, 3.8) is 0 Å². The van der Waals surface area contributed by atoms with E-state index in [9.17, 15) is 0 Å². The quantitative estimate of drug-likeness (QED) is 0.674. The van der Waals surface area contributed by atoms with E-state index >= 15 is 0 Å². The standard InChI is InChI=1S/C12H13BrClN3S/c1-7-12(14)10(17(2)16-7)6-18-11-4-3-8(15)5-9(11)13/h3-5H,6,15H2,1-2H3. The molecule has 0 fully saturated rings. The van der Waals surface area contributed by atoms with Gasteiger partial charge >= 0.3 is 0 Å². The van der Waals surface area contributed by atoms with Gasteiger partial charge in [-0.25, -0.2) is 0 Å². The predicted molar refractivity (Wildman–Crippen MR) is 81.1 cm³/mol. The number of hydrogen-bond acceptors (Lipinski definition) is 3. The summed E-state index contributed by atoms with van der Waals surface area (Å²) in [5.41, 5.74) is 8.36. The van der Waals surface area contributed by atoms with Gasteiger partial charge < -0.3 is 5.73 Å². The molecule has 2 rings (SSSR count). The molecule has 96 valence electrons. The van der Waals surface area contributed by atoms with Crippen LogP contribution in [0.15, 0.2) is 27.6 Å². The van der Waals surface area contributed by atoms with Crippen LogP contribution >= 0.6 is 39.3 Å². The topological polar surface area (TPSA) is 43.8 Å². The molecule has 0 bridgehead atoms.